The average Bonchev–Trinajstić information content (AvgIpc) is 2.46. The van der Waals surface area contributed by atoms with E-state index in [0.29, 0.717) is 6.54 Å². The van der Waals surface area contributed by atoms with E-state index in [-0.39, 0.29) is 11.9 Å². The Morgan fingerprint density at radius 3 is 2.85 bits per heavy atom. The molecule has 0 aromatic heterocycles. The molecule has 1 atom stereocenters. The zero-order valence-electron chi connectivity index (χ0n) is 10.6. The van der Waals surface area contributed by atoms with Crippen LogP contribution in [0.4, 0.5) is 14.5 Å². The number of halogens is 2. The third-order valence-electron chi connectivity index (χ3n) is 3.09. The SMILES string of the molecule is FC(F)Oc1cccc(C2CNc3ccccc3O2)c1. The van der Waals surface area contributed by atoms with Crippen molar-refractivity contribution in [2.75, 3.05) is 11.9 Å². The lowest BCUT2D eigenvalue weighted by atomic mass is 10.1. The Bertz CT molecular complexity index is 604. The molecular formula is C15H13F2NO2. The van der Waals surface area contributed by atoms with Crippen molar-refractivity contribution in [2.45, 2.75) is 12.7 Å². The molecule has 0 radical (unpaired) electrons. The fraction of sp³-hybridized carbons (Fsp3) is 0.200. The maximum atomic E-state index is 12.2. The first kappa shape index (κ1) is 12.7. The molecule has 3 rings (SSSR count). The highest BCUT2D eigenvalue weighted by Gasteiger charge is 2.21. The number of para-hydroxylation sites is 2. The van der Waals surface area contributed by atoms with Gasteiger partial charge in [0.2, 0.25) is 0 Å². The molecular weight excluding hydrogens is 264 g/mol. The summed E-state index contributed by atoms with van der Waals surface area (Å²) in [5.74, 6) is 0.892. The van der Waals surface area contributed by atoms with Crippen molar-refractivity contribution in [1.29, 1.82) is 0 Å². The standard InChI is InChI=1S/C15H13F2NO2/c16-15(17)19-11-5-3-4-10(8-11)14-9-18-12-6-1-2-7-13(12)20-14/h1-8,14-15,18H,9H2. The number of alkyl halides is 2. The molecule has 2 aromatic carbocycles. The summed E-state index contributed by atoms with van der Waals surface area (Å²) in [7, 11) is 0. The fourth-order valence-electron chi connectivity index (χ4n) is 2.19. The number of nitrogens with one attached hydrogen (secondary N) is 1. The maximum absolute atomic E-state index is 12.2. The van der Waals surface area contributed by atoms with Gasteiger partial charge >= 0.3 is 6.61 Å². The van der Waals surface area contributed by atoms with E-state index < -0.39 is 6.61 Å². The van der Waals surface area contributed by atoms with Crippen LogP contribution >= 0.6 is 0 Å². The third-order valence-corrected chi connectivity index (χ3v) is 3.09. The van der Waals surface area contributed by atoms with Crippen molar-refractivity contribution in [3.8, 4) is 11.5 Å². The number of hydrogen-bond acceptors (Lipinski definition) is 3. The number of anilines is 1. The lowest BCUT2D eigenvalue weighted by Crippen LogP contribution is -2.23. The maximum Gasteiger partial charge on any atom is 0.387 e. The highest BCUT2D eigenvalue weighted by atomic mass is 19.3. The van der Waals surface area contributed by atoms with E-state index in [9.17, 15) is 8.78 Å². The van der Waals surface area contributed by atoms with Crippen LogP contribution in [-0.2, 0) is 0 Å². The minimum absolute atomic E-state index is 0.139. The molecule has 0 saturated carbocycles. The Kier molecular flexibility index (Phi) is 3.41. The largest absolute Gasteiger partial charge is 0.482 e. The molecule has 1 heterocycles. The van der Waals surface area contributed by atoms with Gasteiger partial charge in [0.25, 0.3) is 0 Å². The minimum atomic E-state index is -2.82. The molecule has 0 aliphatic carbocycles. The Labute approximate surface area is 115 Å². The van der Waals surface area contributed by atoms with Crippen molar-refractivity contribution in [3.05, 3.63) is 54.1 Å². The van der Waals surface area contributed by atoms with Crippen molar-refractivity contribution in [3.63, 3.8) is 0 Å². The molecule has 2 aromatic rings. The van der Waals surface area contributed by atoms with Gasteiger partial charge in [-0.25, -0.2) is 0 Å². The van der Waals surface area contributed by atoms with Gasteiger partial charge in [-0.05, 0) is 29.8 Å². The average molecular weight is 277 g/mol. The van der Waals surface area contributed by atoms with E-state index in [2.05, 4.69) is 10.1 Å². The van der Waals surface area contributed by atoms with Crippen LogP contribution in [0.1, 0.15) is 11.7 Å². The Morgan fingerprint density at radius 1 is 1.15 bits per heavy atom. The number of fused-ring (bicyclic) bond motifs is 1. The summed E-state index contributed by atoms with van der Waals surface area (Å²) in [6.07, 6.45) is -0.230. The first-order valence-electron chi connectivity index (χ1n) is 6.27. The van der Waals surface area contributed by atoms with Gasteiger partial charge in [0.05, 0.1) is 12.2 Å². The lowest BCUT2D eigenvalue weighted by Gasteiger charge is -2.27. The predicted octanol–water partition coefficient (Wildman–Crippen LogP) is 3.83. The van der Waals surface area contributed by atoms with Gasteiger partial charge in [0.15, 0.2) is 0 Å². The second kappa shape index (κ2) is 5.36. The molecule has 0 saturated heterocycles. The molecule has 1 aliphatic rings. The molecule has 1 N–H and O–H groups in total. The van der Waals surface area contributed by atoms with Gasteiger partial charge < -0.3 is 14.8 Å². The van der Waals surface area contributed by atoms with Crippen molar-refractivity contribution < 1.29 is 18.3 Å². The summed E-state index contributed by atoms with van der Waals surface area (Å²) >= 11 is 0. The number of benzene rings is 2. The van der Waals surface area contributed by atoms with Crippen LogP contribution in [0.15, 0.2) is 48.5 Å². The third kappa shape index (κ3) is 2.66. The zero-order valence-corrected chi connectivity index (χ0v) is 10.6. The summed E-state index contributed by atoms with van der Waals surface area (Å²) in [6.45, 7) is -2.24. The van der Waals surface area contributed by atoms with Crippen LogP contribution in [0.25, 0.3) is 0 Å². The smallest absolute Gasteiger partial charge is 0.387 e. The van der Waals surface area contributed by atoms with Crippen LogP contribution in [0.2, 0.25) is 0 Å². The Hall–Kier alpha value is -2.30. The molecule has 20 heavy (non-hydrogen) atoms. The Morgan fingerprint density at radius 2 is 2.00 bits per heavy atom. The normalized spacial score (nSPS) is 17.1. The summed E-state index contributed by atoms with van der Waals surface area (Å²) in [4.78, 5) is 0. The molecule has 1 aliphatic heterocycles. The van der Waals surface area contributed by atoms with Crippen molar-refractivity contribution >= 4 is 5.69 Å². The van der Waals surface area contributed by atoms with E-state index in [1.807, 2.05) is 30.3 Å². The molecule has 0 fully saturated rings. The van der Waals surface area contributed by atoms with Crippen molar-refractivity contribution in [1.82, 2.24) is 0 Å². The van der Waals surface area contributed by atoms with Crippen LogP contribution < -0.4 is 14.8 Å². The molecule has 3 nitrogen and oxygen atoms in total. The number of rotatable bonds is 3. The van der Waals surface area contributed by atoms with E-state index >= 15 is 0 Å². The van der Waals surface area contributed by atoms with Crippen LogP contribution in [-0.4, -0.2) is 13.2 Å². The fourth-order valence-corrected chi connectivity index (χ4v) is 2.19. The molecule has 0 bridgehead atoms. The van der Waals surface area contributed by atoms with Gasteiger partial charge in [0, 0.05) is 0 Å². The quantitative estimate of drug-likeness (QED) is 0.924. The first-order chi connectivity index (χ1) is 9.72. The lowest BCUT2D eigenvalue weighted by molar-refractivity contribution is -0.0499. The summed E-state index contributed by atoms with van der Waals surface area (Å²) in [6, 6.07) is 14.2. The van der Waals surface area contributed by atoms with E-state index in [1.54, 1.807) is 12.1 Å². The molecule has 0 amide bonds. The summed E-state index contributed by atoms with van der Waals surface area (Å²) in [5.41, 5.74) is 1.73. The van der Waals surface area contributed by atoms with Gasteiger partial charge in [-0.3, -0.25) is 0 Å². The molecule has 0 spiro atoms. The van der Waals surface area contributed by atoms with Gasteiger partial charge in [-0.1, -0.05) is 24.3 Å². The highest BCUT2D eigenvalue weighted by molar-refractivity contribution is 5.58. The van der Waals surface area contributed by atoms with E-state index in [0.717, 1.165) is 17.0 Å². The second-order valence-corrected chi connectivity index (χ2v) is 4.43. The predicted molar refractivity (Wildman–Crippen MR) is 71.4 cm³/mol. The van der Waals surface area contributed by atoms with Gasteiger partial charge in [-0.15, -0.1) is 0 Å². The second-order valence-electron chi connectivity index (χ2n) is 4.43. The van der Waals surface area contributed by atoms with Crippen molar-refractivity contribution in [2.24, 2.45) is 0 Å². The van der Waals surface area contributed by atoms with E-state index in [1.165, 1.54) is 6.07 Å². The zero-order chi connectivity index (χ0) is 13.9. The monoisotopic (exact) mass is 277 g/mol. The first-order valence-corrected chi connectivity index (χ1v) is 6.27. The summed E-state index contributed by atoms with van der Waals surface area (Å²) in [5, 5.41) is 3.26. The topological polar surface area (TPSA) is 30.5 Å². The van der Waals surface area contributed by atoms with Crippen LogP contribution in [0.3, 0.4) is 0 Å². The Balaban J connectivity index is 1.81. The number of hydrogen-bond donors (Lipinski definition) is 1. The van der Waals surface area contributed by atoms with Gasteiger partial charge in [0.1, 0.15) is 17.6 Å². The van der Waals surface area contributed by atoms with Crippen LogP contribution in [0, 0.1) is 0 Å². The molecule has 5 heteroatoms. The molecule has 1 unspecified atom stereocenters. The summed E-state index contributed by atoms with van der Waals surface area (Å²) < 4.78 is 34.7. The highest BCUT2D eigenvalue weighted by Crippen LogP contribution is 2.34. The molecule has 104 valence electrons. The van der Waals surface area contributed by atoms with E-state index in [4.69, 9.17) is 4.74 Å². The minimum Gasteiger partial charge on any atom is -0.482 e. The number of ether oxygens (including phenoxy) is 2. The van der Waals surface area contributed by atoms with Gasteiger partial charge in [-0.2, -0.15) is 8.78 Å². The van der Waals surface area contributed by atoms with Crippen LogP contribution in [0.5, 0.6) is 11.5 Å².